The predicted octanol–water partition coefficient (Wildman–Crippen LogP) is 6.29. The number of allylic oxidation sites excluding steroid dienone is 4. The average molecular weight is 404 g/mol. The fraction of sp³-hybridized carbons (Fsp3) is 0.478. The lowest BCUT2D eigenvalue weighted by atomic mass is 9.68. The standard InChI is InChI=1S/C23H27F3N2O/c1-15-8-7-13-22(3,4)19(15)12-11-17-14-21(28(27-17)16(2)29)18-9-5-6-10-20(18)23(24,25)26/h5-6,8-12,19,21H,7,13-14H2,1-4H3. The molecule has 1 aliphatic carbocycles. The van der Waals surface area contributed by atoms with E-state index in [2.05, 4.69) is 38.0 Å². The van der Waals surface area contributed by atoms with E-state index in [-0.39, 0.29) is 29.2 Å². The summed E-state index contributed by atoms with van der Waals surface area (Å²) in [7, 11) is 0. The second kappa shape index (κ2) is 7.81. The van der Waals surface area contributed by atoms with Gasteiger partial charge >= 0.3 is 6.18 Å². The number of benzene rings is 1. The number of hydrogen-bond donors (Lipinski definition) is 0. The highest BCUT2D eigenvalue weighted by Gasteiger charge is 2.39. The zero-order chi connectivity index (χ0) is 21.4. The zero-order valence-corrected chi connectivity index (χ0v) is 17.3. The summed E-state index contributed by atoms with van der Waals surface area (Å²) in [6, 6.07) is 4.67. The van der Waals surface area contributed by atoms with Gasteiger partial charge in [-0.2, -0.15) is 18.3 Å². The van der Waals surface area contributed by atoms with Gasteiger partial charge in [-0.1, -0.05) is 49.8 Å². The minimum Gasteiger partial charge on any atom is -0.273 e. The van der Waals surface area contributed by atoms with E-state index in [1.54, 1.807) is 6.07 Å². The van der Waals surface area contributed by atoms with Crippen LogP contribution in [0.1, 0.15) is 64.1 Å². The van der Waals surface area contributed by atoms with Crippen LogP contribution in [0.4, 0.5) is 13.2 Å². The minimum absolute atomic E-state index is 0.0800. The van der Waals surface area contributed by atoms with Gasteiger partial charge in [0.15, 0.2) is 0 Å². The Bertz CT molecular complexity index is 880. The minimum atomic E-state index is -4.48. The van der Waals surface area contributed by atoms with Gasteiger partial charge in [0, 0.05) is 19.3 Å². The zero-order valence-electron chi connectivity index (χ0n) is 17.3. The van der Waals surface area contributed by atoms with Gasteiger partial charge in [0.05, 0.1) is 17.3 Å². The van der Waals surface area contributed by atoms with Crippen molar-refractivity contribution < 1.29 is 18.0 Å². The first-order valence-corrected chi connectivity index (χ1v) is 9.89. The molecule has 3 rings (SSSR count). The smallest absolute Gasteiger partial charge is 0.273 e. The number of amides is 1. The van der Waals surface area contributed by atoms with E-state index in [0.717, 1.165) is 18.9 Å². The Kier molecular flexibility index (Phi) is 5.74. The molecule has 1 aromatic carbocycles. The summed E-state index contributed by atoms with van der Waals surface area (Å²) in [6.45, 7) is 7.88. The summed E-state index contributed by atoms with van der Waals surface area (Å²) >= 11 is 0. The van der Waals surface area contributed by atoms with E-state index in [1.165, 1.54) is 29.6 Å². The average Bonchev–Trinajstić information content (AvgIpc) is 3.04. The summed E-state index contributed by atoms with van der Waals surface area (Å²) in [5, 5.41) is 5.53. The topological polar surface area (TPSA) is 32.7 Å². The van der Waals surface area contributed by atoms with Crippen LogP contribution in [0.3, 0.4) is 0 Å². The number of hydrazone groups is 1. The van der Waals surface area contributed by atoms with Crippen LogP contribution in [0.15, 0.2) is 53.2 Å². The number of rotatable bonds is 3. The van der Waals surface area contributed by atoms with Crippen molar-refractivity contribution in [3.8, 4) is 0 Å². The Labute approximate surface area is 170 Å². The third-order valence-corrected chi connectivity index (χ3v) is 5.95. The number of carbonyl (C=O) groups is 1. The van der Waals surface area contributed by atoms with Crippen molar-refractivity contribution in [3.05, 3.63) is 59.2 Å². The maximum Gasteiger partial charge on any atom is 0.416 e. The molecule has 0 saturated heterocycles. The van der Waals surface area contributed by atoms with Gasteiger partial charge in [0.25, 0.3) is 0 Å². The fourth-order valence-corrected chi connectivity index (χ4v) is 4.40. The van der Waals surface area contributed by atoms with Crippen LogP contribution in [-0.4, -0.2) is 16.6 Å². The van der Waals surface area contributed by atoms with E-state index < -0.39 is 17.8 Å². The molecule has 0 spiro atoms. The monoisotopic (exact) mass is 404 g/mol. The first kappa shape index (κ1) is 21.3. The third kappa shape index (κ3) is 4.46. The van der Waals surface area contributed by atoms with Crippen molar-refractivity contribution in [1.29, 1.82) is 0 Å². The molecule has 3 nitrogen and oxygen atoms in total. The van der Waals surface area contributed by atoms with Crippen molar-refractivity contribution in [2.24, 2.45) is 16.4 Å². The molecular weight excluding hydrogens is 377 g/mol. The molecule has 1 aromatic rings. The second-order valence-corrected chi connectivity index (χ2v) is 8.57. The molecule has 0 N–H and O–H groups in total. The van der Waals surface area contributed by atoms with Crippen LogP contribution in [0.2, 0.25) is 0 Å². The van der Waals surface area contributed by atoms with Crippen LogP contribution in [0.25, 0.3) is 0 Å². The quantitative estimate of drug-likeness (QED) is 0.545. The van der Waals surface area contributed by atoms with Crippen LogP contribution >= 0.6 is 0 Å². The number of nitrogens with zero attached hydrogens (tertiary/aromatic N) is 2. The van der Waals surface area contributed by atoms with Crippen molar-refractivity contribution in [1.82, 2.24) is 5.01 Å². The molecule has 29 heavy (non-hydrogen) atoms. The SMILES string of the molecule is CC(=O)N1N=C(C=CC2C(C)=CCCC2(C)C)CC1c1ccccc1C(F)(F)F. The Hall–Kier alpha value is -2.37. The molecule has 1 aliphatic heterocycles. The van der Waals surface area contributed by atoms with Crippen LogP contribution in [0, 0.1) is 11.3 Å². The van der Waals surface area contributed by atoms with Gasteiger partial charge in [-0.3, -0.25) is 4.79 Å². The Balaban J connectivity index is 1.90. The molecule has 0 radical (unpaired) electrons. The fourth-order valence-electron chi connectivity index (χ4n) is 4.40. The molecule has 156 valence electrons. The highest BCUT2D eigenvalue weighted by Crippen LogP contribution is 2.43. The molecule has 6 heteroatoms. The first-order valence-electron chi connectivity index (χ1n) is 9.89. The molecule has 0 saturated carbocycles. The third-order valence-electron chi connectivity index (χ3n) is 5.95. The summed E-state index contributed by atoms with van der Waals surface area (Å²) in [5.41, 5.74) is 1.38. The summed E-state index contributed by atoms with van der Waals surface area (Å²) < 4.78 is 40.5. The molecule has 1 heterocycles. The summed E-state index contributed by atoms with van der Waals surface area (Å²) in [6.07, 6.45) is 4.11. The Morgan fingerprint density at radius 3 is 2.59 bits per heavy atom. The van der Waals surface area contributed by atoms with Gasteiger partial charge in [-0.25, -0.2) is 5.01 Å². The molecule has 2 aliphatic rings. The van der Waals surface area contributed by atoms with Crippen molar-refractivity contribution in [2.45, 2.75) is 59.2 Å². The lowest BCUT2D eigenvalue weighted by molar-refractivity contribution is -0.140. The molecule has 0 fully saturated rings. The van der Waals surface area contributed by atoms with Crippen molar-refractivity contribution in [3.63, 3.8) is 0 Å². The van der Waals surface area contributed by atoms with Gasteiger partial charge in [0.1, 0.15) is 0 Å². The highest BCUT2D eigenvalue weighted by molar-refractivity contribution is 5.98. The molecule has 1 amide bonds. The van der Waals surface area contributed by atoms with E-state index in [9.17, 15) is 18.0 Å². The van der Waals surface area contributed by atoms with E-state index >= 15 is 0 Å². The molecule has 0 bridgehead atoms. The van der Waals surface area contributed by atoms with E-state index in [1.807, 2.05) is 6.08 Å². The lowest BCUT2D eigenvalue weighted by Gasteiger charge is -2.36. The molecule has 0 aromatic heterocycles. The van der Waals surface area contributed by atoms with E-state index in [0.29, 0.717) is 5.71 Å². The second-order valence-electron chi connectivity index (χ2n) is 8.57. The number of alkyl halides is 3. The van der Waals surface area contributed by atoms with Crippen LogP contribution in [-0.2, 0) is 11.0 Å². The van der Waals surface area contributed by atoms with Gasteiger partial charge in [-0.05, 0) is 42.9 Å². The Morgan fingerprint density at radius 2 is 1.97 bits per heavy atom. The van der Waals surface area contributed by atoms with E-state index in [4.69, 9.17) is 0 Å². The van der Waals surface area contributed by atoms with Crippen LogP contribution in [0.5, 0.6) is 0 Å². The largest absolute Gasteiger partial charge is 0.416 e. The van der Waals surface area contributed by atoms with Gasteiger partial charge in [0.2, 0.25) is 5.91 Å². The number of carbonyl (C=O) groups excluding carboxylic acids is 1. The molecule has 2 unspecified atom stereocenters. The summed E-state index contributed by atoms with van der Waals surface area (Å²) in [5.74, 6) is -0.129. The normalized spacial score (nSPS) is 24.6. The van der Waals surface area contributed by atoms with Crippen molar-refractivity contribution >= 4 is 11.6 Å². The number of hydrogen-bond acceptors (Lipinski definition) is 2. The molecule has 2 atom stereocenters. The summed E-state index contributed by atoms with van der Waals surface area (Å²) in [4.78, 5) is 12.1. The maximum absolute atomic E-state index is 13.5. The lowest BCUT2D eigenvalue weighted by Crippen LogP contribution is -2.26. The Morgan fingerprint density at radius 1 is 1.28 bits per heavy atom. The molecular formula is C23H27F3N2O. The first-order chi connectivity index (χ1) is 13.5. The predicted molar refractivity (Wildman–Crippen MR) is 108 cm³/mol. The van der Waals surface area contributed by atoms with Crippen molar-refractivity contribution in [2.75, 3.05) is 0 Å². The highest BCUT2D eigenvalue weighted by atomic mass is 19.4. The van der Waals surface area contributed by atoms with Crippen LogP contribution < -0.4 is 0 Å². The maximum atomic E-state index is 13.5. The van der Waals surface area contributed by atoms with Gasteiger partial charge < -0.3 is 0 Å². The van der Waals surface area contributed by atoms with Gasteiger partial charge in [-0.15, -0.1) is 0 Å². The number of halogens is 3.